The fourth-order valence-electron chi connectivity index (χ4n) is 1.60. The molecule has 0 aliphatic heterocycles. The van der Waals surface area contributed by atoms with E-state index in [4.69, 9.17) is 27.9 Å². The number of hydrogen-bond donors (Lipinski definition) is 1. The summed E-state index contributed by atoms with van der Waals surface area (Å²) in [5, 5.41) is 5.16. The Morgan fingerprint density at radius 3 is 2.48 bits per heavy atom. The standard InChI is InChI=1S/C14H11Cl2NO3S/c1-8-2-3-21-13(8)14(19)20-7-12(18)17-11-5-9(15)4-10(16)6-11/h2-6H,7H2,1H3,(H,17,18). The number of rotatable bonds is 4. The first-order valence-electron chi connectivity index (χ1n) is 5.93. The predicted octanol–water partition coefficient (Wildman–Crippen LogP) is 4.16. The molecule has 1 aromatic heterocycles. The summed E-state index contributed by atoms with van der Waals surface area (Å²) in [6, 6.07) is 6.47. The minimum Gasteiger partial charge on any atom is -0.451 e. The van der Waals surface area contributed by atoms with E-state index in [-0.39, 0.29) is 6.61 Å². The average Bonchev–Trinajstić information content (AvgIpc) is 2.81. The third-order valence-electron chi connectivity index (χ3n) is 2.53. The van der Waals surface area contributed by atoms with Crippen LogP contribution in [0.15, 0.2) is 29.6 Å². The van der Waals surface area contributed by atoms with Gasteiger partial charge in [0.05, 0.1) is 0 Å². The van der Waals surface area contributed by atoms with Crippen molar-refractivity contribution in [2.75, 3.05) is 11.9 Å². The van der Waals surface area contributed by atoms with Gasteiger partial charge >= 0.3 is 5.97 Å². The summed E-state index contributed by atoms with van der Waals surface area (Å²) >= 11 is 12.9. The quantitative estimate of drug-likeness (QED) is 0.848. The van der Waals surface area contributed by atoms with Crippen LogP contribution in [0.5, 0.6) is 0 Å². The molecule has 0 saturated heterocycles. The predicted molar refractivity (Wildman–Crippen MR) is 84.4 cm³/mol. The van der Waals surface area contributed by atoms with Crippen molar-refractivity contribution in [3.8, 4) is 0 Å². The molecule has 0 bridgehead atoms. The van der Waals surface area contributed by atoms with Crippen LogP contribution in [0.2, 0.25) is 10.0 Å². The number of thiophene rings is 1. The molecule has 2 rings (SSSR count). The molecule has 0 unspecified atom stereocenters. The molecule has 2 aromatic rings. The lowest BCUT2D eigenvalue weighted by Gasteiger charge is -2.07. The zero-order valence-corrected chi connectivity index (χ0v) is 13.3. The molecular weight excluding hydrogens is 333 g/mol. The summed E-state index contributed by atoms with van der Waals surface area (Å²) in [5.41, 5.74) is 1.27. The molecule has 0 aliphatic carbocycles. The summed E-state index contributed by atoms with van der Waals surface area (Å²) in [6.07, 6.45) is 0. The molecule has 0 saturated carbocycles. The average molecular weight is 344 g/mol. The lowest BCUT2D eigenvalue weighted by molar-refractivity contribution is -0.119. The first-order chi connectivity index (χ1) is 9.95. The van der Waals surface area contributed by atoms with Crippen molar-refractivity contribution in [1.82, 2.24) is 0 Å². The van der Waals surface area contributed by atoms with E-state index in [0.717, 1.165) is 5.56 Å². The minimum atomic E-state index is -0.512. The van der Waals surface area contributed by atoms with E-state index in [1.807, 2.05) is 6.07 Å². The molecule has 1 heterocycles. The third kappa shape index (κ3) is 4.46. The number of amides is 1. The number of esters is 1. The fraction of sp³-hybridized carbons (Fsp3) is 0.143. The first kappa shape index (κ1) is 15.8. The van der Waals surface area contributed by atoms with Gasteiger partial charge in [0.25, 0.3) is 5.91 Å². The Hall–Kier alpha value is -1.56. The second-order valence-electron chi connectivity index (χ2n) is 4.22. The highest BCUT2D eigenvalue weighted by atomic mass is 35.5. The van der Waals surface area contributed by atoms with E-state index < -0.39 is 11.9 Å². The highest BCUT2D eigenvalue weighted by molar-refractivity contribution is 7.12. The number of hydrogen-bond acceptors (Lipinski definition) is 4. The van der Waals surface area contributed by atoms with Crippen molar-refractivity contribution in [3.05, 3.63) is 50.1 Å². The van der Waals surface area contributed by atoms with E-state index in [9.17, 15) is 9.59 Å². The molecule has 1 amide bonds. The second kappa shape index (κ2) is 6.93. The van der Waals surface area contributed by atoms with Crippen molar-refractivity contribution in [2.24, 2.45) is 0 Å². The van der Waals surface area contributed by atoms with Crippen molar-refractivity contribution < 1.29 is 14.3 Å². The van der Waals surface area contributed by atoms with Gasteiger partial charge in [-0.3, -0.25) is 4.79 Å². The number of benzene rings is 1. The van der Waals surface area contributed by atoms with Crippen molar-refractivity contribution in [2.45, 2.75) is 6.92 Å². The number of carbonyl (C=O) groups excluding carboxylic acids is 2. The van der Waals surface area contributed by atoms with Gasteiger partial charge in [-0.25, -0.2) is 4.79 Å². The number of aryl methyl sites for hydroxylation is 1. The molecule has 21 heavy (non-hydrogen) atoms. The number of ether oxygens (including phenoxy) is 1. The fourth-order valence-corrected chi connectivity index (χ4v) is 2.94. The van der Waals surface area contributed by atoms with Gasteiger partial charge in [0, 0.05) is 15.7 Å². The Labute approximate surface area is 135 Å². The summed E-state index contributed by atoms with van der Waals surface area (Å²) in [7, 11) is 0. The van der Waals surface area contributed by atoms with Crippen molar-refractivity contribution in [1.29, 1.82) is 0 Å². The van der Waals surface area contributed by atoms with Gasteiger partial charge in [0.1, 0.15) is 4.88 Å². The van der Waals surface area contributed by atoms with Gasteiger partial charge in [-0.15, -0.1) is 11.3 Å². The highest BCUT2D eigenvalue weighted by Gasteiger charge is 2.14. The normalized spacial score (nSPS) is 10.2. The Morgan fingerprint density at radius 2 is 1.90 bits per heavy atom. The molecule has 0 radical (unpaired) electrons. The Bertz CT molecular complexity index is 664. The smallest absolute Gasteiger partial charge is 0.349 e. The van der Waals surface area contributed by atoms with Gasteiger partial charge in [-0.1, -0.05) is 23.2 Å². The van der Waals surface area contributed by atoms with E-state index in [1.54, 1.807) is 30.5 Å². The molecular formula is C14H11Cl2NO3S. The van der Waals surface area contributed by atoms with Crippen molar-refractivity contribution >= 4 is 52.1 Å². The Balaban J connectivity index is 1.90. The van der Waals surface area contributed by atoms with Gasteiger partial charge in [0.2, 0.25) is 0 Å². The lowest BCUT2D eigenvalue weighted by atomic mass is 10.3. The first-order valence-corrected chi connectivity index (χ1v) is 7.56. The Morgan fingerprint density at radius 1 is 1.24 bits per heavy atom. The van der Waals surface area contributed by atoms with Crippen molar-refractivity contribution in [3.63, 3.8) is 0 Å². The SMILES string of the molecule is Cc1ccsc1C(=O)OCC(=O)Nc1cc(Cl)cc(Cl)c1. The van der Waals surface area contributed by atoms with Crippen LogP contribution in [-0.4, -0.2) is 18.5 Å². The van der Waals surface area contributed by atoms with Crippen LogP contribution in [0.4, 0.5) is 5.69 Å². The van der Waals surface area contributed by atoms with Crippen LogP contribution >= 0.6 is 34.5 Å². The van der Waals surface area contributed by atoms with E-state index in [1.165, 1.54) is 11.3 Å². The maximum absolute atomic E-state index is 11.8. The number of carbonyl (C=O) groups is 2. The Kier molecular flexibility index (Phi) is 5.22. The molecule has 0 aliphatic rings. The van der Waals surface area contributed by atoms with E-state index in [0.29, 0.717) is 20.6 Å². The van der Waals surface area contributed by atoms with E-state index >= 15 is 0 Å². The van der Waals surface area contributed by atoms with E-state index in [2.05, 4.69) is 5.32 Å². The maximum atomic E-state index is 11.8. The summed E-state index contributed by atoms with van der Waals surface area (Å²) in [5.74, 6) is -0.974. The van der Waals surface area contributed by atoms with Crippen LogP contribution in [0.1, 0.15) is 15.2 Å². The third-order valence-corrected chi connectivity index (χ3v) is 3.96. The molecule has 0 atom stereocenters. The maximum Gasteiger partial charge on any atom is 0.349 e. The minimum absolute atomic E-state index is 0.375. The van der Waals surface area contributed by atoms with Crippen LogP contribution in [-0.2, 0) is 9.53 Å². The monoisotopic (exact) mass is 343 g/mol. The zero-order chi connectivity index (χ0) is 15.4. The number of halogens is 2. The lowest BCUT2D eigenvalue weighted by Crippen LogP contribution is -2.20. The summed E-state index contributed by atoms with van der Waals surface area (Å²) < 4.78 is 4.96. The van der Waals surface area contributed by atoms with Crippen LogP contribution < -0.4 is 5.32 Å². The van der Waals surface area contributed by atoms with Crippen LogP contribution in [0, 0.1) is 6.92 Å². The molecule has 4 nitrogen and oxygen atoms in total. The highest BCUT2D eigenvalue weighted by Crippen LogP contribution is 2.22. The largest absolute Gasteiger partial charge is 0.451 e. The van der Waals surface area contributed by atoms with Gasteiger partial charge in [-0.2, -0.15) is 0 Å². The number of anilines is 1. The molecule has 110 valence electrons. The van der Waals surface area contributed by atoms with Crippen LogP contribution in [0.3, 0.4) is 0 Å². The molecule has 1 aromatic carbocycles. The topological polar surface area (TPSA) is 55.4 Å². The second-order valence-corrected chi connectivity index (χ2v) is 6.00. The molecule has 0 spiro atoms. The summed E-state index contributed by atoms with van der Waals surface area (Å²) in [6.45, 7) is 1.43. The number of nitrogens with one attached hydrogen (secondary N) is 1. The molecule has 7 heteroatoms. The molecule has 1 N–H and O–H groups in total. The summed E-state index contributed by atoms with van der Waals surface area (Å²) in [4.78, 5) is 24.0. The van der Waals surface area contributed by atoms with Gasteiger partial charge in [-0.05, 0) is 42.1 Å². The van der Waals surface area contributed by atoms with Gasteiger partial charge < -0.3 is 10.1 Å². The zero-order valence-electron chi connectivity index (χ0n) is 11.0. The van der Waals surface area contributed by atoms with Gasteiger partial charge in [0.15, 0.2) is 6.61 Å². The van der Waals surface area contributed by atoms with Crippen LogP contribution in [0.25, 0.3) is 0 Å². The molecule has 0 fully saturated rings.